The van der Waals surface area contributed by atoms with Crippen molar-refractivity contribution in [2.24, 2.45) is 4.99 Å². The second kappa shape index (κ2) is 12.7. The van der Waals surface area contributed by atoms with E-state index in [1.54, 1.807) is 6.07 Å². The molecule has 0 atom stereocenters. The van der Waals surface area contributed by atoms with Gasteiger partial charge in [0.25, 0.3) is 0 Å². The third kappa shape index (κ3) is 6.74. The zero-order valence-corrected chi connectivity index (χ0v) is 19.5. The SMILES string of the molecule is Cl.N#CCCN=C1C=CC(=C(c2ccc(NCCC#N)cc2)c2ccc(Cl)cc2Cl)C=C1. The third-order valence-electron chi connectivity index (χ3n) is 4.61. The number of rotatable bonds is 7. The number of nitriles is 2. The predicted octanol–water partition coefficient (Wildman–Crippen LogP) is 7.02. The van der Waals surface area contributed by atoms with Gasteiger partial charge in [-0.2, -0.15) is 10.5 Å². The topological polar surface area (TPSA) is 72.0 Å². The van der Waals surface area contributed by atoms with Gasteiger partial charge in [-0.1, -0.05) is 53.6 Å². The first-order chi connectivity index (χ1) is 15.1. The first kappa shape index (κ1) is 25.2. The molecule has 0 aliphatic heterocycles. The summed E-state index contributed by atoms with van der Waals surface area (Å²) in [6.07, 6.45) is 8.73. The molecule has 3 rings (SSSR count). The van der Waals surface area contributed by atoms with E-state index >= 15 is 0 Å². The first-order valence-corrected chi connectivity index (χ1v) is 10.6. The van der Waals surface area contributed by atoms with Crippen molar-refractivity contribution in [1.29, 1.82) is 10.5 Å². The quantitative estimate of drug-likeness (QED) is 0.430. The monoisotopic (exact) mass is 482 g/mol. The van der Waals surface area contributed by atoms with Gasteiger partial charge in [0.2, 0.25) is 0 Å². The third-order valence-corrected chi connectivity index (χ3v) is 5.16. The molecule has 1 N–H and O–H groups in total. The van der Waals surface area contributed by atoms with Gasteiger partial charge in [0.05, 0.1) is 37.2 Å². The summed E-state index contributed by atoms with van der Waals surface area (Å²) in [5.41, 5.74) is 5.64. The molecule has 0 saturated carbocycles. The van der Waals surface area contributed by atoms with Crippen molar-refractivity contribution >= 4 is 52.6 Å². The average molecular weight is 484 g/mol. The predicted molar refractivity (Wildman–Crippen MR) is 136 cm³/mol. The number of halogens is 3. The van der Waals surface area contributed by atoms with Crippen LogP contribution in [0.1, 0.15) is 24.0 Å². The molecule has 1 aliphatic rings. The van der Waals surface area contributed by atoms with Crippen LogP contribution in [0.2, 0.25) is 10.0 Å². The molecule has 0 spiro atoms. The molecule has 0 aromatic heterocycles. The fraction of sp³-hybridized carbons (Fsp3) is 0.160. The van der Waals surface area contributed by atoms with Crippen LogP contribution in [-0.2, 0) is 0 Å². The Bertz CT molecular complexity index is 1130. The molecule has 1 aliphatic carbocycles. The summed E-state index contributed by atoms with van der Waals surface area (Å²) in [6.45, 7) is 1.09. The average Bonchev–Trinajstić information content (AvgIpc) is 2.78. The van der Waals surface area contributed by atoms with Gasteiger partial charge in [-0.15, -0.1) is 12.4 Å². The van der Waals surface area contributed by atoms with Gasteiger partial charge in [0.15, 0.2) is 0 Å². The van der Waals surface area contributed by atoms with Crippen molar-refractivity contribution in [3.05, 3.63) is 93.5 Å². The van der Waals surface area contributed by atoms with Gasteiger partial charge in [0, 0.05) is 27.8 Å². The highest BCUT2D eigenvalue weighted by atomic mass is 35.5. The van der Waals surface area contributed by atoms with E-state index < -0.39 is 0 Å². The lowest BCUT2D eigenvalue weighted by atomic mass is 9.90. The molecule has 0 radical (unpaired) electrons. The van der Waals surface area contributed by atoms with Crippen molar-refractivity contribution < 1.29 is 0 Å². The lowest BCUT2D eigenvalue weighted by Gasteiger charge is -2.16. The largest absolute Gasteiger partial charge is 0.384 e. The lowest BCUT2D eigenvalue weighted by molar-refractivity contribution is 1.02. The number of anilines is 1. The maximum Gasteiger partial charge on any atom is 0.0641 e. The molecule has 0 amide bonds. The summed E-state index contributed by atoms with van der Waals surface area (Å²) in [5, 5.41) is 21.8. The molecule has 2 aromatic rings. The summed E-state index contributed by atoms with van der Waals surface area (Å²) >= 11 is 12.7. The number of benzene rings is 2. The van der Waals surface area contributed by atoms with E-state index in [1.165, 1.54) is 0 Å². The van der Waals surface area contributed by atoms with Crippen LogP contribution >= 0.6 is 35.6 Å². The Hall–Kier alpha value is -3.02. The van der Waals surface area contributed by atoms with E-state index in [4.69, 9.17) is 33.7 Å². The molecule has 162 valence electrons. The Labute approximate surface area is 204 Å². The fourth-order valence-corrected chi connectivity index (χ4v) is 3.66. The minimum absolute atomic E-state index is 0. The van der Waals surface area contributed by atoms with Gasteiger partial charge in [-0.05, 0) is 53.1 Å². The zero-order chi connectivity index (χ0) is 22.1. The number of nitrogens with one attached hydrogen (secondary N) is 1. The highest BCUT2D eigenvalue weighted by Gasteiger charge is 2.14. The maximum atomic E-state index is 8.70. The molecule has 0 unspecified atom stereocenters. The van der Waals surface area contributed by atoms with Gasteiger partial charge in [0.1, 0.15) is 0 Å². The Kier molecular flexibility index (Phi) is 10.1. The summed E-state index contributed by atoms with van der Waals surface area (Å²) in [7, 11) is 0. The van der Waals surface area contributed by atoms with Crippen molar-refractivity contribution in [2.75, 3.05) is 18.4 Å². The highest BCUT2D eigenvalue weighted by molar-refractivity contribution is 6.36. The molecular weight excluding hydrogens is 463 g/mol. The fourth-order valence-electron chi connectivity index (χ4n) is 3.16. The van der Waals surface area contributed by atoms with Crippen molar-refractivity contribution in [2.45, 2.75) is 12.8 Å². The van der Waals surface area contributed by atoms with Gasteiger partial charge >= 0.3 is 0 Å². The van der Waals surface area contributed by atoms with Crippen LogP contribution in [0.25, 0.3) is 5.57 Å². The summed E-state index contributed by atoms with van der Waals surface area (Å²) in [6, 6.07) is 17.7. The molecule has 4 nitrogen and oxygen atoms in total. The Balaban J connectivity index is 0.00000363. The van der Waals surface area contributed by atoms with Crippen LogP contribution < -0.4 is 5.32 Å². The normalized spacial score (nSPS) is 11.9. The maximum absolute atomic E-state index is 8.70. The first-order valence-electron chi connectivity index (χ1n) is 9.81. The van der Waals surface area contributed by atoms with Crippen LogP contribution in [0.5, 0.6) is 0 Å². The van der Waals surface area contributed by atoms with Crippen LogP contribution in [0.4, 0.5) is 5.69 Å². The van der Waals surface area contributed by atoms with Crippen LogP contribution in [0, 0.1) is 22.7 Å². The highest BCUT2D eigenvalue weighted by Crippen LogP contribution is 2.35. The molecule has 0 saturated heterocycles. The number of nitrogens with zero attached hydrogens (tertiary/aromatic N) is 3. The summed E-state index contributed by atoms with van der Waals surface area (Å²) in [5.74, 6) is 0. The van der Waals surface area contributed by atoms with E-state index in [-0.39, 0.29) is 12.4 Å². The standard InChI is InChI=1S/C25H20Cl2N4.ClH/c26-20-7-12-23(24(27)17-20)25(18-3-8-21(9-4-18)30-15-1-13-28)19-5-10-22(11-6-19)31-16-2-14-29;/h3-12,17,30H,1-2,15-16H2;1H. The lowest BCUT2D eigenvalue weighted by Crippen LogP contribution is -2.01. The number of hydrogen-bond acceptors (Lipinski definition) is 4. The van der Waals surface area contributed by atoms with Crippen molar-refractivity contribution in [3.8, 4) is 12.1 Å². The molecule has 0 bridgehead atoms. The second-order valence-electron chi connectivity index (χ2n) is 6.75. The van der Waals surface area contributed by atoms with E-state index in [0.29, 0.717) is 36.0 Å². The number of aliphatic imine (C=N–C) groups is 1. The Morgan fingerprint density at radius 2 is 1.59 bits per heavy atom. The zero-order valence-electron chi connectivity index (χ0n) is 17.2. The minimum Gasteiger partial charge on any atom is -0.384 e. The molecule has 0 heterocycles. The summed E-state index contributed by atoms with van der Waals surface area (Å²) in [4.78, 5) is 4.41. The minimum atomic E-state index is 0. The number of hydrogen-bond donors (Lipinski definition) is 1. The molecule has 0 fully saturated rings. The van der Waals surface area contributed by atoms with Crippen molar-refractivity contribution in [3.63, 3.8) is 0 Å². The molecule has 32 heavy (non-hydrogen) atoms. The van der Waals surface area contributed by atoms with Crippen LogP contribution in [0.15, 0.2) is 77.3 Å². The van der Waals surface area contributed by atoms with Gasteiger partial charge < -0.3 is 5.32 Å². The molecule has 2 aromatic carbocycles. The van der Waals surface area contributed by atoms with E-state index in [2.05, 4.69) is 22.4 Å². The van der Waals surface area contributed by atoms with Crippen LogP contribution in [0.3, 0.4) is 0 Å². The Morgan fingerprint density at radius 1 is 0.906 bits per heavy atom. The second-order valence-corrected chi connectivity index (χ2v) is 7.59. The van der Waals surface area contributed by atoms with Crippen molar-refractivity contribution in [1.82, 2.24) is 0 Å². The molecule has 7 heteroatoms. The molecular formula is C25H21Cl3N4. The number of allylic oxidation sites excluding steroid dienone is 5. The van der Waals surface area contributed by atoms with E-state index in [0.717, 1.165) is 33.7 Å². The smallest absolute Gasteiger partial charge is 0.0641 e. The summed E-state index contributed by atoms with van der Waals surface area (Å²) < 4.78 is 0. The Morgan fingerprint density at radius 3 is 2.22 bits per heavy atom. The van der Waals surface area contributed by atoms with Gasteiger partial charge in [-0.25, -0.2) is 0 Å². The van der Waals surface area contributed by atoms with Gasteiger partial charge in [-0.3, -0.25) is 4.99 Å². The van der Waals surface area contributed by atoms with E-state index in [1.807, 2.05) is 60.7 Å². The van der Waals surface area contributed by atoms with Crippen LogP contribution in [-0.4, -0.2) is 18.8 Å². The van der Waals surface area contributed by atoms with E-state index in [9.17, 15) is 0 Å².